The van der Waals surface area contributed by atoms with Crippen molar-refractivity contribution in [1.82, 2.24) is 4.98 Å². The third-order valence-corrected chi connectivity index (χ3v) is 4.99. The van der Waals surface area contributed by atoms with Crippen LogP contribution in [0.3, 0.4) is 0 Å². The molecular formula is C18H19FN2O2. The van der Waals surface area contributed by atoms with E-state index >= 15 is 0 Å². The highest BCUT2D eigenvalue weighted by molar-refractivity contribution is 5.69. The molecule has 1 saturated carbocycles. The second-order valence-corrected chi connectivity index (χ2v) is 6.19. The molecule has 2 atom stereocenters. The van der Waals surface area contributed by atoms with Crippen LogP contribution in [-0.2, 0) is 0 Å². The molecule has 2 aliphatic carbocycles. The monoisotopic (exact) mass is 314 g/mol. The van der Waals surface area contributed by atoms with Gasteiger partial charge in [-0.15, -0.1) is 0 Å². The molecule has 1 fully saturated rings. The van der Waals surface area contributed by atoms with Crippen LogP contribution in [0.2, 0.25) is 0 Å². The fourth-order valence-corrected chi connectivity index (χ4v) is 4.02. The predicted octanol–water partition coefficient (Wildman–Crippen LogP) is 4.35. The molecule has 0 radical (unpaired) electrons. The summed E-state index contributed by atoms with van der Waals surface area (Å²) in [5.41, 5.74) is 4.35. The van der Waals surface area contributed by atoms with E-state index in [0.717, 1.165) is 17.3 Å². The van der Waals surface area contributed by atoms with Crippen LogP contribution in [0.5, 0.6) is 11.6 Å². The number of pyridine rings is 1. The molecule has 4 nitrogen and oxygen atoms in total. The van der Waals surface area contributed by atoms with Crippen molar-refractivity contribution in [3.63, 3.8) is 0 Å². The van der Waals surface area contributed by atoms with Gasteiger partial charge in [-0.2, -0.15) is 0 Å². The maximum absolute atomic E-state index is 13.6. The molecule has 2 unspecified atom stereocenters. The molecule has 2 aromatic rings. The summed E-state index contributed by atoms with van der Waals surface area (Å²) in [6, 6.07) is 4.78. The molecule has 0 amide bonds. The fraction of sp³-hybridized carbons (Fsp3) is 0.389. The molecule has 0 aliphatic heterocycles. The van der Waals surface area contributed by atoms with Crippen molar-refractivity contribution < 1.29 is 13.9 Å². The van der Waals surface area contributed by atoms with Crippen LogP contribution in [0.15, 0.2) is 24.4 Å². The summed E-state index contributed by atoms with van der Waals surface area (Å²) < 4.78 is 24.1. The summed E-state index contributed by atoms with van der Waals surface area (Å²) in [6.07, 6.45) is 5.42. The van der Waals surface area contributed by atoms with Gasteiger partial charge >= 0.3 is 0 Å². The van der Waals surface area contributed by atoms with Crippen LogP contribution in [0.4, 0.5) is 15.8 Å². The lowest BCUT2D eigenvalue weighted by atomic mass is 9.91. The summed E-state index contributed by atoms with van der Waals surface area (Å²) >= 11 is 0. The van der Waals surface area contributed by atoms with Crippen molar-refractivity contribution >= 4 is 11.4 Å². The number of nitrogens with one attached hydrogen (secondary N) is 1. The minimum Gasteiger partial charge on any atom is -0.494 e. The Balaban J connectivity index is 1.74. The van der Waals surface area contributed by atoms with Crippen molar-refractivity contribution in [2.24, 2.45) is 0 Å². The minimum atomic E-state index is -0.366. The summed E-state index contributed by atoms with van der Waals surface area (Å²) in [5.74, 6) is 1.73. The van der Waals surface area contributed by atoms with Crippen LogP contribution in [0.1, 0.15) is 42.2 Å². The van der Waals surface area contributed by atoms with Crippen molar-refractivity contribution in [1.29, 1.82) is 0 Å². The van der Waals surface area contributed by atoms with Gasteiger partial charge in [0.2, 0.25) is 5.88 Å². The molecule has 120 valence electrons. The number of ether oxygens (including phenoxy) is 2. The smallest absolute Gasteiger partial charge is 0.216 e. The third kappa shape index (κ3) is 2.22. The Morgan fingerprint density at radius 1 is 1.13 bits per heavy atom. The highest BCUT2D eigenvalue weighted by Gasteiger charge is 2.41. The number of methoxy groups -OCH3 is 2. The van der Waals surface area contributed by atoms with E-state index in [0.29, 0.717) is 11.8 Å². The van der Waals surface area contributed by atoms with E-state index in [1.807, 2.05) is 6.20 Å². The first-order chi connectivity index (χ1) is 11.2. The van der Waals surface area contributed by atoms with Crippen LogP contribution >= 0.6 is 0 Å². The predicted molar refractivity (Wildman–Crippen MR) is 86.4 cm³/mol. The van der Waals surface area contributed by atoms with E-state index in [1.54, 1.807) is 19.2 Å². The fourth-order valence-electron chi connectivity index (χ4n) is 4.02. The molecule has 4 rings (SSSR count). The molecule has 2 aliphatic rings. The Hall–Kier alpha value is -2.30. The Labute approximate surface area is 134 Å². The SMILES string of the molecule is COc1cc(Nc2cnc(OC)c3c2C2CCC3C2)ccc1F. The number of hydrogen-bond donors (Lipinski definition) is 1. The first-order valence-corrected chi connectivity index (χ1v) is 7.88. The lowest BCUT2D eigenvalue weighted by molar-refractivity contribution is 0.387. The van der Waals surface area contributed by atoms with Gasteiger partial charge in [-0.05, 0) is 48.8 Å². The van der Waals surface area contributed by atoms with Crippen molar-refractivity contribution in [2.45, 2.75) is 31.1 Å². The quantitative estimate of drug-likeness (QED) is 0.911. The van der Waals surface area contributed by atoms with Crippen LogP contribution in [-0.4, -0.2) is 19.2 Å². The first-order valence-electron chi connectivity index (χ1n) is 7.88. The van der Waals surface area contributed by atoms with E-state index in [9.17, 15) is 4.39 Å². The zero-order chi connectivity index (χ0) is 16.0. The highest BCUT2D eigenvalue weighted by atomic mass is 19.1. The average molecular weight is 314 g/mol. The molecular weight excluding hydrogens is 295 g/mol. The lowest BCUT2D eigenvalue weighted by Crippen LogP contribution is -2.07. The Kier molecular flexibility index (Phi) is 3.36. The van der Waals surface area contributed by atoms with Crippen molar-refractivity contribution in [2.75, 3.05) is 19.5 Å². The summed E-state index contributed by atoms with van der Waals surface area (Å²) in [6.45, 7) is 0. The van der Waals surface area contributed by atoms with E-state index in [1.165, 1.54) is 43.6 Å². The van der Waals surface area contributed by atoms with Gasteiger partial charge in [0.1, 0.15) is 0 Å². The lowest BCUT2D eigenvalue weighted by Gasteiger charge is -2.21. The number of halogens is 1. The van der Waals surface area contributed by atoms with Gasteiger partial charge in [-0.1, -0.05) is 0 Å². The topological polar surface area (TPSA) is 43.4 Å². The van der Waals surface area contributed by atoms with Gasteiger partial charge in [0, 0.05) is 17.3 Å². The maximum Gasteiger partial charge on any atom is 0.216 e. The molecule has 23 heavy (non-hydrogen) atoms. The number of nitrogens with zero attached hydrogens (tertiary/aromatic N) is 1. The Bertz CT molecular complexity index is 763. The number of fused-ring (bicyclic) bond motifs is 5. The van der Waals surface area contributed by atoms with Gasteiger partial charge in [0.25, 0.3) is 0 Å². The van der Waals surface area contributed by atoms with Crippen molar-refractivity contribution in [3.8, 4) is 11.6 Å². The number of hydrogen-bond acceptors (Lipinski definition) is 4. The van der Waals surface area contributed by atoms with Crippen LogP contribution in [0, 0.1) is 5.82 Å². The molecule has 1 aromatic heterocycles. The molecule has 0 spiro atoms. The molecule has 1 heterocycles. The van der Waals surface area contributed by atoms with E-state index in [-0.39, 0.29) is 11.6 Å². The van der Waals surface area contributed by atoms with Gasteiger partial charge < -0.3 is 14.8 Å². The minimum absolute atomic E-state index is 0.231. The zero-order valence-electron chi connectivity index (χ0n) is 13.2. The first kappa shape index (κ1) is 14.3. The Morgan fingerprint density at radius 3 is 2.65 bits per heavy atom. The molecule has 2 bridgehead atoms. The molecule has 1 aromatic carbocycles. The normalized spacial score (nSPS) is 21.2. The van der Waals surface area contributed by atoms with Gasteiger partial charge in [0.15, 0.2) is 11.6 Å². The van der Waals surface area contributed by atoms with E-state index in [2.05, 4.69) is 10.3 Å². The average Bonchev–Trinajstić information content (AvgIpc) is 3.19. The summed E-state index contributed by atoms with van der Waals surface area (Å²) in [5, 5.41) is 3.38. The number of aromatic nitrogens is 1. The Morgan fingerprint density at radius 2 is 1.91 bits per heavy atom. The van der Waals surface area contributed by atoms with Crippen molar-refractivity contribution in [3.05, 3.63) is 41.3 Å². The maximum atomic E-state index is 13.6. The van der Waals surface area contributed by atoms with E-state index < -0.39 is 0 Å². The zero-order valence-corrected chi connectivity index (χ0v) is 13.2. The molecule has 1 N–H and O–H groups in total. The van der Waals surface area contributed by atoms with Crippen LogP contribution < -0.4 is 14.8 Å². The third-order valence-electron chi connectivity index (χ3n) is 4.99. The van der Waals surface area contributed by atoms with Crippen LogP contribution in [0.25, 0.3) is 0 Å². The second-order valence-electron chi connectivity index (χ2n) is 6.19. The van der Waals surface area contributed by atoms with Gasteiger partial charge in [-0.25, -0.2) is 9.37 Å². The molecule has 0 saturated heterocycles. The number of anilines is 2. The number of rotatable bonds is 4. The number of benzene rings is 1. The second kappa shape index (κ2) is 5.41. The summed E-state index contributed by atoms with van der Waals surface area (Å²) in [4.78, 5) is 4.45. The van der Waals surface area contributed by atoms with Gasteiger partial charge in [-0.3, -0.25) is 0 Å². The highest BCUT2D eigenvalue weighted by Crippen LogP contribution is 2.57. The van der Waals surface area contributed by atoms with E-state index in [4.69, 9.17) is 9.47 Å². The standard InChI is InChI=1S/C18H19FN2O2/c1-22-15-8-12(5-6-13(15)19)21-14-9-20-18(23-2)17-11-4-3-10(7-11)16(14)17/h5-6,8-11,21H,3-4,7H2,1-2H3. The largest absolute Gasteiger partial charge is 0.494 e. The molecule has 5 heteroatoms. The summed E-state index contributed by atoms with van der Waals surface area (Å²) in [7, 11) is 3.14. The van der Waals surface area contributed by atoms with Gasteiger partial charge in [0.05, 0.1) is 26.1 Å².